The number of nitrogens with zero attached hydrogens (tertiary/aromatic N) is 5. The number of aromatic nitrogens is 2. The van der Waals surface area contributed by atoms with Crippen molar-refractivity contribution in [2.45, 2.75) is 19.9 Å². The second kappa shape index (κ2) is 7.92. The van der Waals surface area contributed by atoms with Crippen molar-refractivity contribution in [3.8, 4) is 11.3 Å². The third-order valence-electron chi connectivity index (χ3n) is 5.31. The van der Waals surface area contributed by atoms with E-state index in [-0.39, 0.29) is 30.2 Å². The molecule has 0 aliphatic carbocycles. The average Bonchev–Trinajstić information content (AvgIpc) is 3.44. The van der Waals surface area contributed by atoms with Gasteiger partial charge in [-0.3, -0.25) is 9.59 Å². The molecule has 0 radical (unpaired) electrons. The van der Waals surface area contributed by atoms with Crippen molar-refractivity contribution >= 4 is 33.4 Å². The molecule has 0 fully saturated rings. The molecule has 3 aromatic rings. The smallest absolute Gasteiger partial charge is 0.308 e. The summed E-state index contributed by atoms with van der Waals surface area (Å²) in [5.74, 6) is -0.284. The highest BCUT2D eigenvalue weighted by Gasteiger charge is 2.35. The van der Waals surface area contributed by atoms with Crippen molar-refractivity contribution in [3.05, 3.63) is 54.9 Å². The van der Waals surface area contributed by atoms with Gasteiger partial charge in [-0.15, -0.1) is 0 Å². The van der Waals surface area contributed by atoms with Gasteiger partial charge in [-0.2, -0.15) is 12.7 Å². The van der Waals surface area contributed by atoms with Gasteiger partial charge in [-0.1, -0.05) is 6.07 Å². The summed E-state index contributed by atoms with van der Waals surface area (Å²) in [5, 5.41) is 0. The third-order valence-corrected chi connectivity index (χ3v) is 6.97. The summed E-state index contributed by atoms with van der Waals surface area (Å²) in [5.41, 5.74) is 2.12. The Morgan fingerprint density at radius 2 is 1.94 bits per heavy atom. The standard InChI is InChI=1S/C21H23N5O5S/c1-14-11-25(21(28)20-6-5-9-31-20)19-10-16(7-8-18(19)26(14)15(2)27)17-12-24(13-22-17)32(29,30)23(3)4/h5-10,12-14H,11H2,1-4H3/t14-/m0/s1. The largest absolute Gasteiger partial charge is 0.459 e. The molecule has 11 heteroatoms. The minimum atomic E-state index is -3.70. The number of amides is 2. The third kappa shape index (κ3) is 3.59. The molecule has 32 heavy (non-hydrogen) atoms. The molecule has 0 bridgehead atoms. The predicted molar refractivity (Wildman–Crippen MR) is 119 cm³/mol. The Morgan fingerprint density at radius 1 is 1.19 bits per heavy atom. The molecule has 0 saturated heterocycles. The van der Waals surface area contributed by atoms with Gasteiger partial charge in [0.05, 0.1) is 29.4 Å². The Kier molecular flexibility index (Phi) is 5.39. The summed E-state index contributed by atoms with van der Waals surface area (Å²) in [4.78, 5) is 32.9. The van der Waals surface area contributed by atoms with Crippen molar-refractivity contribution in [1.29, 1.82) is 0 Å². The van der Waals surface area contributed by atoms with E-state index >= 15 is 0 Å². The number of furan rings is 1. The molecule has 3 heterocycles. The van der Waals surface area contributed by atoms with Crippen LogP contribution in [-0.2, 0) is 15.0 Å². The van der Waals surface area contributed by atoms with E-state index in [0.29, 0.717) is 22.6 Å². The van der Waals surface area contributed by atoms with Gasteiger partial charge in [-0.25, -0.2) is 8.96 Å². The van der Waals surface area contributed by atoms with Crippen LogP contribution in [0, 0.1) is 0 Å². The van der Waals surface area contributed by atoms with E-state index in [1.807, 2.05) is 6.92 Å². The second-order valence-corrected chi connectivity index (χ2v) is 9.76. The molecule has 2 aromatic heterocycles. The summed E-state index contributed by atoms with van der Waals surface area (Å²) in [6.07, 6.45) is 4.06. The van der Waals surface area contributed by atoms with Gasteiger partial charge in [0.2, 0.25) is 5.91 Å². The van der Waals surface area contributed by atoms with E-state index in [9.17, 15) is 18.0 Å². The quantitative estimate of drug-likeness (QED) is 0.594. The van der Waals surface area contributed by atoms with Crippen molar-refractivity contribution in [2.75, 3.05) is 30.4 Å². The highest BCUT2D eigenvalue weighted by Crippen LogP contribution is 2.39. The maximum atomic E-state index is 13.1. The van der Waals surface area contributed by atoms with Crippen molar-refractivity contribution in [3.63, 3.8) is 0 Å². The topological polar surface area (TPSA) is 109 Å². The maximum absolute atomic E-state index is 13.1. The molecule has 1 atom stereocenters. The Morgan fingerprint density at radius 3 is 2.56 bits per heavy atom. The van der Waals surface area contributed by atoms with Crippen LogP contribution >= 0.6 is 0 Å². The minimum absolute atomic E-state index is 0.141. The number of hydrogen-bond donors (Lipinski definition) is 0. The van der Waals surface area contributed by atoms with Crippen LogP contribution in [0.25, 0.3) is 11.3 Å². The van der Waals surface area contributed by atoms with E-state index in [2.05, 4.69) is 4.98 Å². The zero-order valence-electron chi connectivity index (χ0n) is 18.1. The van der Waals surface area contributed by atoms with Crippen LogP contribution < -0.4 is 9.80 Å². The summed E-state index contributed by atoms with van der Waals surface area (Å²) in [6.45, 7) is 3.62. The zero-order chi connectivity index (χ0) is 23.2. The second-order valence-electron chi connectivity index (χ2n) is 7.71. The van der Waals surface area contributed by atoms with Gasteiger partial charge in [0.15, 0.2) is 5.76 Å². The first kappa shape index (κ1) is 21.8. The van der Waals surface area contributed by atoms with Crippen LogP contribution in [0.2, 0.25) is 0 Å². The molecular formula is C21H23N5O5S. The maximum Gasteiger partial charge on any atom is 0.308 e. The number of rotatable bonds is 4. The number of carbonyl (C=O) groups excluding carboxylic acids is 2. The number of fused-ring (bicyclic) bond motifs is 1. The van der Waals surface area contributed by atoms with Crippen LogP contribution in [0.5, 0.6) is 0 Å². The number of imidazole rings is 1. The van der Waals surface area contributed by atoms with Crippen LogP contribution in [-0.4, -0.2) is 60.2 Å². The molecule has 0 spiro atoms. The fourth-order valence-corrected chi connectivity index (χ4v) is 4.54. The number of anilines is 2. The first-order valence-electron chi connectivity index (χ1n) is 9.88. The lowest BCUT2D eigenvalue weighted by Crippen LogP contribution is -2.51. The number of hydrogen-bond acceptors (Lipinski definition) is 6. The SMILES string of the molecule is CC(=O)N1c2ccc(-c3cn(S(=O)(=O)N(C)C)cn3)cc2N(C(=O)c2ccco2)C[C@@H]1C. The van der Waals surface area contributed by atoms with Crippen molar-refractivity contribution < 1.29 is 22.4 Å². The van der Waals surface area contributed by atoms with E-state index in [0.717, 1.165) is 8.28 Å². The Hall–Kier alpha value is -3.44. The lowest BCUT2D eigenvalue weighted by molar-refractivity contribution is -0.117. The molecule has 168 valence electrons. The number of carbonyl (C=O) groups is 2. The molecular weight excluding hydrogens is 434 g/mol. The Balaban J connectivity index is 1.81. The van der Waals surface area contributed by atoms with E-state index in [4.69, 9.17) is 4.42 Å². The Labute approximate surface area is 185 Å². The minimum Gasteiger partial charge on any atom is -0.459 e. The fraction of sp³-hybridized carbons (Fsp3) is 0.286. The van der Waals surface area contributed by atoms with Gasteiger partial charge < -0.3 is 14.2 Å². The molecule has 0 saturated carbocycles. The summed E-state index contributed by atoms with van der Waals surface area (Å²) in [6, 6.07) is 8.20. The van der Waals surface area contributed by atoms with Gasteiger partial charge in [0, 0.05) is 39.3 Å². The van der Waals surface area contributed by atoms with Gasteiger partial charge in [0.25, 0.3) is 5.91 Å². The molecule has 1 aromatic carbocycles. The van der Waals surface area contributed by atoms with Gasteiger partial charge in [0.1, 0.15) is 6.33 Å². The first-order valence-corrected chi connectivity index (χ1v) is 11.3. The normalized spacial score (nSPS) is 16.3. The van der Waals surface area contributed by atoms with Crippen LogP contribution in [0.4, 0.5) is 11.4 Å². The van der Waals surface area contributed by atoms with Crippen molar-refractivity contribution in [2.24, 2.45) is 0 Å². The zero-order valence-corrected chi connectivity index (χ0v) is 18.9. The fourth-order valence-electron chi connectivity index (χ4n) is 3.76. The van der Waals surface area contributed by atoms with Crippen LogP contribution in [0.3, 0.4) is 0 Å². The summed E-state index contributed by atoms with van der Waals surface area (Å²) >= 11 is 0. The predicted octanol–water partition coefficient (Wildman–Crippen LogP) is 2.20. The number of benzene rings is 1. The lowest BCUT2D eigenvalue weighted by Gasteiger charge is -2.40. The molecule has 1 aliphatic rings. The van der Waals surface area contributed by atoms with Crippen LogP contribution in [0.15, 0.2) is 53.5 Å². The lowest BCUT2D eigenvalue weighted by atomic mass is 10.0. The van der Waals surface area contributed by atoms with Gasteiger partial charge >= 0.3 is 10.2 Å². The van der Waals surface area contributed by atoms with E-state index in [1.54, 1.807) is 40.1 Å². The Bertz CT molecular complexity index is 1280. The van der Waals surface area contributed by atoms with Crippen LogP contribution in [0.1, 0.15) is 24.4 Å². The average molecular weight is 458 g/mol. The molecule has 0 unspecified atom stereocenters. The highest BCUT2D eigenvalue weighted by atomic mass is 32.2. The van der Waals surface area contributed by atoms with E-state index in [1.165, 1.54) is 39.8 Å². The van der Waals surface area contributed by atoms with Gasteiger partial charge in [-0.05, 0) is 31.2 Å². The monoisotopic (exact) mass is 457 g/mol. The summed E-state index contributed by atoms with van der Waals surface area (Å²) in [7, 11) is -0.837. The molecule has 4 rings (SSSR count). The molecule has 1 aliphatic heterocycles. The van der Waals surface area contributed by atoms with E-state index < -0.39 is 10.2 Å². The molecule has 10 nitrogen and oxygen atoms in total. The molecule has 2 amide bonds. The summed E-state index contributed by atoms with van der Waals surface area (Å²) < 4.78 is 32.2. The first-order chi connectivity index (χ1) is 15.1. The highest BCUT2D eigenvalue weighted by molar-refractivity contribution is 7.87. The molecule has 0 N–H and O–H groups in total. The van der Waals surface area contributed by atoms with Crippen molar-refractivity contribution in [1.82, 2.24) is 13.3 Å².